The van der Waals surface area contributed by atoms with Crippen molar-refractivity contribution in [1.29, 1.82) is 0 Å². The van der Waals surface area contributed by atoms with E-state index in [-0.39, 0.29) is 24.3 Å². The van der Waals surface area contributed by atoms with Crippen molar-refractivity contribution < 1.29 is 14.3 Å². The van der Waals surface area contributed by atoms with Gasteiger partial charge in [-0.3, -0.25) is 9.59 Å². The molecule has 0 radical (unpaired) electrons. The van der Waals surface area contributed by atoms with Gasteiger partial charge in [-0.25, -0.2) is 0 Å². The Balaban J connectivity index is 2.47. The Kier molecular flexibility index (Phi) is 6.03. The standard InChI is InChI=1S/C15H22N2O3/c1-10(2)20-15(19)6-4-5-14(18)11-7-8-13(17-3)12(16)9-11/h7-10,17H,4-6,16H2,1-3H3. The first kappa shape index (κ1) is 16.0. The summed E-state index contributed by atoms with van der Waals surface area (Å²) in [5.41, 5.74) is 7.71. The van der Waals surface area contributed by atoms with E-state index >= 15 is 0 Å². The maximum absolute atomic E-state index is 12.0. The van der Waals surface area contributed by atoms with Crippen LogP contribution in [0.25, 0.3) is 0 Å². The monoisotopic (exact) mass is 278 g/mol. The molecule has 5 nitrogen and oxygen atoms in total. The summed E-state index contributed by atoms with van der Waals surface area (Å²) in [6.45, 7) is 3.60. The second-order valence-electron chi connectivity index (χ2n) is 4.87. The van der Waals surface area contributed by atoms with E-state index in [1.54, 1.807) is 39.1 Å². The fourth-order valence-corrected chi connectivity index (χ4v) is 1.82. The smallest absolute Gasteiger partial charge is 0.306 e. The van der Waals surface area contributed by atoms with Crippen LogP contribution < -0.4 is 11.1 Å². The third-order valence-corrected chi connectivity index (χ3v) is 2.79. The van der Waals surface area contributed by atoms with Crippen LogP contribution >= 0.6 is 0 Å². The zero-order chi connectivity index (χ0) is 15.1. The molecule has 3 N–H and O–H groups in total. The average Bonchev–Trinajstić information content (AvgIpc) is 2.37. The highest BCUT2D eigenvalue weighted by molar-refractivity contribution is 5.97. The van der Waals surface area contributed by atoms with E-state index in [0.29, 0.717) is 24.1 Å². The van der Waals surface area contributed by atoms with Crippen molar-refractivity contribution >= 4 is 23.1 Å². The van der Waals surface area contributed by atoms with Crippen LogP contribution in [0.3, 0.4) is 0 Å². The lowest BCUT2D eigenvalue weighted by atomic mass is 10.0. The second-order valence-corrected chi connectivity index (χ2v) is 4.87. The van der Waals surface area contributed by atoms with E-state index in [1.165, 1.54) is 0 Å². The summed E-state index contributed by atoms with van der Waals surface area (Å²) in [4.78, 5) is 23.3. The van der Waals surface area contributed by atoms with Crippen LogP contribution in [-0.2, 0) is 9.53 Å². The number of ketones is 1. The lowest BCUT2D eigenvalue weighted by Crippen LogP contribution is -2.11. The fraction of sp³-hybridized carbons (Fsp3) is 0.467. The van der Waals surface area contributed by atoms with Gasteiger partial charge in [0.2, 0.25) is 0 Å². The Bertz CT molecular complexity index is 484. The number of hydrogen-bond donors (Lipinski definition) is 2. The van der Waals surface area contributed by atoms with Gasteiger partial charge in [0.1, 0.15) is 0 Å². The van der Waals surface area contributed by atoms with E-state index in [2.05, 4.69) is 5.32 Å². The third-order valence-electron chi connectivity index (χ3n) is 2.79. The Labute approximate surface area is 119 Å². The topological polar surface area (TPSA) is 81.4 Å². The van der Waals surface area contributed by atoms with E-state index in [4.69, 9.17) is 10.5 Å². The van der Waals surface area contributed by atoms with Crippen LogP contribution in [0.5, 0.6) is 0 Å². The van der Waals surface area contributed by atoms with Crippen molar-refractivity contribution in [2.75, 3.05) is 18.1 Å². The van der Waals surface area contributed by atoms with Gasteiger partial charge in [0.15, 0.2) is 5.78 Å². The number of nitrogen functional groups attached to an aromatic ring is 1. The molecule has 0 spiro atoms. The molecule has 0 fully saturated rings. The largest absolute Gasteiger partial charge is 0.463 e. The van der Waals surface area contributed by atoms with Gasteiger partial charge in [-0.15, -0.1) is 0 Å². The summed E-state index contributed by atoms with van der Waals surface area (Å²) in [7, 11) is 1.77. The number of hydrogen-bond acceptors (Lipinski definition) is 5. The van der Waals surface area contributed by atoms with E-state index in [9.17, 15) is 9.59 Å². The summed E-state index contributed by atoms with van der Waals surface area (Å²) in [5, 5.41) is 2.94. The minimum absolute atomic E-state index is 0.0169. The minimum atomic E-state index is -0.266. The first-order valence-electron chi connectivity index (χ1n) is 6.74. The van der Waals surface area contributed by atoms with Crippen LogP contribution in [0.2, 0.25) is 0 Å². The van der Waals surface area contributed by atoms with Crippen molar-refractivity contribution in [3.05, 3.63) is 23.8 Å². The van der Waals surface area contributed by atoms with E-state index < -0.39 is 0 Å². The van der Waals surface area contributed by atoms with Gasteiger partial charge in [-0.2, -0.15) is 0 Å². The number of Topliss-reactive ketones (excluding diaryl/α,β-unsaturated/α-hetero) is 1. The average molecular weight is 278 g/mol. The van der Waals surface area contributed by atoms with Crippen molar-refractivity contribution in [2.24, 2.45) is 0 Å². The second kappa shape index (κ2) is 7.53. The summed E-state index contributed by atoms with van der Waals surface area (Å²) in [5.74, 6) is -0.283. The van der Waals surface area contributed by atoms with Crippen LogP contribution in [0.4, 0.5) is 11.4 Å². The normalized spacial score (nSPS) is 10.4. The fourth-order valence-electron chi connectivity index (χ4n) is 1.82. The predicted molar refractivity (Wildman–Crippen MR) is 79.8 cm³/mol. The number of esters is 1. The van der Waals surface area contributed by atoms with Crippen molar-refractivity contribution in [3.8, 4) is 0 Å². The van der Waals surface area contributed by atoms with Gasteiger partial charge < -0.3 is 15.8 Å². The number of anilines is 2. The molecule has 0 aliphatic heterocycles. The van der Waals surface area contributed by atoms with Crippen LogP contribution in [0, 0.1) is 0 Å². The molecular weight excluding hydrogens is 256 g/mol. The highest BCUT2D eigenvalue weighted by Gasteiger charge is 2.10. The third kappa shape index (κ3) is 4.91. The molecule has 0 saturated heterocycles. The summed E-state index contributed by atoms with van der Waals surface area (Å²) in [6.07, 6.45) is 0.935. The van der Waals surface area contributed by atoms with Crippen molar-refractivity contribution in [2.45, 2.75) is 39.2 Å². The Morgan fingerprint density at radius 3 is 2.55 bits per heavy atom. The zero-order valence-electron chi connectivity index (χ0n) is 12.2. The molecule has 0 unspecified atom stereocenters. The zero-order valence-corrected chi connectivity index (χ0v) is 12.2. The molecule has 0 atom stereocenters. The van der Waals surface area contributed by atoms with Gasteiger partial charge in [-0.1, -0.05) is 0 Å². The molecule has 110 valence electrons. The lowest BCUT2D eigenvalue weighted by molar-refractivity contribution is -0.147. The molecule has 1 aromatic carbocycles. The van der Waals surface area contributed by atoms with Gasteiger partial charge in [0.05, 0.1) is 17.5 Å². The maximum Gasteiger partial charge on any atom is 0.306 e. The molecule has 0 heterocycles. The summed E-state index contributed by atoms with van der Waals surface area (Å²) in [6, 6.07) is 5.16. The molecule has 0 aliphatic rings. The molecule has 5 heteroatoms. The first-order valence-corrected chi connectivity index (χ1v) is 6.74. The molecule has 20 heavy (non-hydrogen) atoms. The van der Waals surface area contributed by atoms with Gasteiger partial charge in [-0.05, 0) is 38.5 Å². The highest BCUT2D eigenvalue weighted by atomic mass is 16.5. The quantitative estimate of drug-likeness (QED) is 0.455. The number of nitrogens with one attached hydrogen (secondary N) is 1. The number of ether oxygens (including phenoxy) is 1. The minimum Gasteiger partial charge on any atom is -0.463 e. The first-order chi connectivity index (χ1) is 9.43. The molecular formula is C15H22N2O3. The molecule has 0 bridgehead atoms. The summed E-state index contributed by atoms with van der Waals surface area (Å²) >= 11 is 0. The SMILES string of the molecule is CNc1ccc(C(=O)CCCC(=O)OC(C)C)cc1N. The maximum atomic E-state index is 12.0. The Hall–Kier alpha value is -2.04. The predicted octanol–water partition coefficient (Wildman–Crippen LogP) is 2.62. The molecule has 0 saturated carbocycles. The van der Waals surface area contributed by atoms with Gasteiger partial charge >= 0.3 is 5.97 Å². The van der Waals surface area contributed by atoms with E-state index in [0.717, 1.165) is 5.69 Å². The summed E-state index contributed by atoms with van der Waals surface area (Å²) < 4.78 is 5.01. The number of rotatable bonds is 7. The number of carbonyl (C=O) groups excluding carboxylic acids is 2. The molecule has 0 aromatic heterocycles. The Morgan fingerprint density at radius 1 is 1.30 bits per heavy atom. The molecule has 1 rings (SSSR count). The van der Waals surface area contributed by atoms with Crippen molar-refractivity contribution in [3.63, 3.8) is 0 Å². The lowest BCUT2D eigenvalue weighted by Gasteiger charge is -2.08. The van der Waals surface area contributed by atoms with Crippen molar-refractivity contribution in [1.82, 2.24) is 0 Å². The van der Waals surface area contributed by atoms with Gasteiger partial charge in [0, 0.05) is 25.5 Å². The van der Waals surface area contributed by atoms with Crippen LogP contribution in [-0.4, -0.2) is 24.9 Å². The number of nitrogens with two attached hydrogens (primary N) is 1. The van der Waals surface area contributed by atoms with E-state index in [1.807, 2.05) is 0 Å². The molecule has 0 amide bonds. The Morgan fingerprint density at radius 2 is 2.00 bits per heavy atom. The molecule has 0 aliphatic carbocycles. The van der Waals surface area contributed by atoms with Crippen LogP contribution in [0.1, 0.15) is 43.5 Å². The van der Waals surface area contributed by atoms with Crippen LogP contribution in [0.15, 0.2) is 18.2 Å². The van der Waals surface area contributed by atoms with Gasteiger partial charge in [0.25, 0.3) is 0 Å². The number of benzene rings is 1. The number of carbonyl (C=O) groups is 2. The molecule has 1 aromatic rings. The highest BCUT2D eigenvalue weighted by Crippen LogP contribution is 2.20.